The Morgan fingerprint density at radius 3 is 2.37 bits per heavy atom. The number of ketones is 1. The van der Waals surface area contributed by atoms with Gasteiger partial charge in [0.1, 0.15) is 6.10 Å². The topological polar surface area (TPSA) is 97.4 Å². The molecule has 0 radical (unpaired) electrons. The molecule has 5 atom stereocenters. The normalized spacial score (nSPS) is 25.4. The van der Waals surface area contributed by atoms with E-state index in [1.165, 1.54) is 20.1 Å². The van der Waals surface area contributed by atoms with Gasteiger partial charge in [-0.2, -0.15) is 0 Å². The van der Waals surface area contributed by atoms with E-state index < -0.39 is 12.3 Å². The van der Waals surface area contributed by atoms with Crippen molar-refractivity contribution in [3.05, 3.63) is 11.8 Å². The molecule has 0 aromatic heterocycles. The van der Waals surface area contributed by atoms with Gasteiger partial charge in [0.05, 0.1) is 19.3 Å². The smallest absolute Gasteiger partial charge is 0.373 e. The number of rotatable bonds is 17. The van der Waals surface area contributed by atoms with Crippen molar-refractivity contribution < 1.29 is 38.1 Å². The third-order valence-corrected chi connectivity index (χ3v) is 8.09. The molecule has 38 heavy (non-hydrogen) atoms. The van der Waals surface area contributed by atoms with Gasteiger partial charge in [0.2, 0.25) is 5.76 Å². The molecule has 0 aromatic rings. The van der Waals surface area contributed by atoms with Gasteiger partial charge in [-0.3, -0.25) is 9.59 Å². The van der Waals surface area contributed by atoms with Crippen LogP contribution in [0.2, 0.25) is 0 Å². The molecule has 0 bridgehead atoms. The maximum Gasteiger partial charge on any atom is 0.373 e. The molecule has 0 amide bonds. The third-order valence-electron chi connectivity index (χ3n) is 8.09. The fourth-order valence-electron chi connectivity index (χ4n) is 5.79. The Hall–Kier alpha value is -1.93. The van der Waals surface area contributed by atoms with E-state index in [1.807, 2.05) is 0 Å². The lowest BCUT2D eigenvalue weighted by molar-refractivity contribution is -0.162. The number of unbranched alkanes of at least 4 members (excludes halogenated alkanes) is 1. The summed E-state index contributed by atoms with van der Waals surface area (Å²) in [6.07, 6.45) is 13.3. The molecular weight excluding hydrogens is 488 g/mol. The Morgan fingerprint density at radius 2 is 1.74 bits per heavy atom. The standard InChI is InChI=1S/C30H50O8/c1-6-7-18-30(3,35-5)19-11-12-23-16-17-26(37-22(2)31)25(23)14-10-13-24(32)21-27(29(33)34-4)38-28-15-8-9-20-36-28/h21,23,25-26,28H,6-20H2,1-5H3/t23-,25+,26-,28?,30?/m0/s1. The molecule has 0 N–H and O–H groups in total. The molecule has 0 spiro atoms. The van der Waals surface area contributed by atoms with Gasteiger partial charge < -0.3 is 23.7 Å². The fourth-order valence-corrected chi connectivity index (χ4v) is 5.79. The first-order valence-corrected chi connectivity index (χ1v) is 14.5. The van der Waals surface area contributed by atoms with E-state index in [4.69, 9.17) is 23.7 Å². The largest absolute Gasteiger partial charge is 0.463 e. The summed E-state index contributed by atoms with van der Waals surface area (Å²) in [5, 5.41) is 0. The lowest BCUT2D eigenvalue weighted by Gasteiger charge is -2.30. The molecule has 2 aliphatic rings. The zero-order valence-electron chi connectivity index (χ0n) is 24.3. The van der Waals surface area contributed by atoms with Crippen molar-refractivity contribution in [2.75, 3.05) is 20.8 Å². The highest BCUT2D eigenvalue weighted by atomic mass is 16.7. The second-order valence-electron chi connectivity index (χ2n) is 11.1. The molecule has 2 unspecified atom stereocenters. The molecule has 1 saturated carbocycles. The minimum absolute atomic E-state index is 0.0970. The van der Waals surface area contributed by atoms with Gasteiger partial charge in [-0.25, -0.2) is 4.79 Å². The summed E-state index contributed by atoms with van der Waals surface area (Å²) in [5.41, 5.74) is -0.0970. The number of esters is 2. The molecule has 8 heteroatoms. The summed E-state index contributed by atoms with van der Waals surface area (Å²) in [4.78, 5) is 36.6. The highest BCUT2D eigenvalue weighted by molar-refractivity contribution is 5.98. The molecule has 2 rings (SSSR count). The Kier molecular flexibility index (Phi) is 14.4. The Bertz CT molecular complexity index is 772. The van der Waals surface area contributed by atoms with E-state index in [-0.39, 0.29) is 41.6 Å². The second-order valence-corrected chi connectivity index (χ2v) is 11.1. The van der Waals surface area contributed by atoms with E-state index in [9.17, 15) is 14.4 Å². The van der Waals surface area contributed by atoms with Gasteiger partial charge in [0.15, 0.2) is 12.1 Å². The van der Waals surface area contributed by atoms with Crippen molar-refractivity contribution in [3.8, 4) is 0 Å². The van der Waals surface area contributed by atoms with E-state index in [0.29, 0.717) is 25.4 Å². The second kappa shape index (κ2) is 16.9. The number of hydrogen-bond donors (Lipinski definition) is 0. The molecule has 0 aromatic carbocycles. The van der Waals surface area contributed by atoms with Gasteiger partial charge in [-0.15, -0.1) is 0 Å². The monoisotopic (exact) mass is 538 g/mol. The molecule has 1 saturated heterocycles. The maximum absolute atomic E-state index is 12.7. The predicted octanol–water partition coefficient (Wildman–Crippen LogP) is 6.05. The van der Waals surface area contributed by atoms with Crippen molar-refractivity contribution in [1.82, 2.24) is 0 Å². The SMILES string of the molecule is CCCCC(C)(CCC[C@H]1CC[C@H](OC(C)=O)[C@@H]1CCCC(=O)C=C(OC1CCCCO1)C(=O)OC)OC. The average Bonchev–Trinajstić information content (AvgIpc) is 3.27. The molecule has 1 aliphatic carbocycles. The van der Waals surface area contributed by atoms with Gasteiger partial charge in [-0.05, 0) is 76.5 Å². The van der Waals surface area contributed by atoms with E-state index in [1.54, 1.807) is 7.11 Å². The van der Waals surface area contributed by atoms with Crippen LogP contribution in [0, 0.1) is 11.8 Å². The van der Waals surface area contributed by atoms with Crippen LogP contribution in [0.25, 0.3) is 0 Å². The van der Waals surface area contributed by atoms with Crippen LogP contribution in [0.1, 0.15) is 111 Å². The highest BCUT2D eigenvalue weighted by Crippen LogP contribution is 2.41. The minimum Gasteiger partial charge on any atom is -0.463 e. The molecule has 1 aliphatic heterocycles. The third kappa shape index (κ3) is 11.0. The lowest BCUT2D eigenvalue weighted by atomic mass is 9.84. The van der Waals surface area contributed by atoms with Crippen molar-refractivity contribution in [2.45, 2.75) is 129 Å². The van der Waals surface area contributed by atoms with Crippen LogP contribution in [0.5, 0.6) is 0 Å². The Morgan fingerprint density at radius 1 is 0.974 bits per heavy atom. The van der Waals surface area contributed by atoms with E-state index in [2.05, 4.69) is 13.8 Å². The molecule has 1 heterocycles. The van der Waals surface area contributed by atoms with Crippen molar-refractivity contribution >= 4 is 17.7 Å². The summed E-state index contributed by atoms with van der Waals surface area (Å²) >= 11 is 0. The zero-order chi connectivity index (χ0) is 28.0. The maximum atomic E-state index is 12.7. The summed E-state index contributed by atoms with van der Waals surface area (Å²) in [7, 11) is 3.06. The van der Waals surface area contributed by atoms with Crippen LogP contribution >= 0.6 is 0 Å². The quantitative estimate of drug-likeness (QED) is 0.125. The predicted molar refractivity (Wildman–Crippen MR) is 144 cm³/mol. The van der Waals surface area contributed by atoms with Crippen LogP contribution in [0.15, 0.2) is 11.8 Å². The average molecular weight is 539 g/mol. The first-order valence-electron chi connectivity index (χ1n) is 14.5. The van der Waals surface area contributed by atoms with Crippen LogP contribution in [0.4, 0.5) is 0 Å². The summed E-state index contributed by atoms with van der Waals surface area (Å²) in [6.45, 7) is 6.43. The van der Waals surface area contributed by atoms with Crippen LogP contribution in [0.3, 0.4) is 0 Å². The highest BCUT2D eigenvalue weighted by Gasteiger charge is 2.38. The Balaban J connectivity index is 1.93. The van der Waals surface area contributed by atoms with Gasteiger partial charge in [0, 0.05) is 33.0 Å². The van der Waals surface area contributed by atoms with E-state index >= 15 is 0 Å². The van der Waals surface area contributed by atoms with Gasteiger partial charge >= 0.3 is 11.9 Å². The fraction of sp³-hybridized carbons (Fsp3) is 0.833. The summed E-state index contributed by atoms with van der Waals surface area (Å²) in [6, 6.07) is 0. The molecule has 218 valence electrons. The summed E-state index contributed by atoms with van der Waals surface area (Å²) < 4.78 is 27.5. The molecule has 2 fully saturated rings. The molecule has 8 nitrogen and oxygen atoms in total. The number of carbonyl (C=O) groups excluding carboxylic acids is 3. The number of hydrogen-bond acceptors (Lipinski definition) is 8. The molecular formula is C30H50O8. The van der Waals surface area contributed by atoms with Crippen molar-refractivity contribution in [2.24, 2.45) is 11.8 Å². The van der Waals surface area contributed by atoms with Crippen LogP contribution in [-0.4, -0.2) is 56.5 Å². The number of allylic oxidation sites excluding steroid dienone is 1. The number of carbonyl (C=O) groups is 3. The first-order chi connectivity index (χ1) is 18.2. The minimum atomic E-state index is -0.680. The summed E-state index contributed by atoms with van der Waals surface area (Å²) in [5.74, 6) is -0.546. The van der Waals surface area contributed by atoms with Gasteiger partial charge in [-0.1, -0.05) is 26.2 Å². The van der Waals surface area contributed by atoms with Crippen molar-refractivity contribution in [3.63, 3.8) is 0 Å². The van der Waals surface area contributed by atoms with Crippen molar-refractivity contribution in [1.29, 1.82) is 0 Å². The van der Waals surface area contributed by atoms with Crippen LogP contribution in [-0.2, 0) is 38.1 Å². The first kappa shape index (κ1) is 32.3. The number of methoxy groups -OCH3 is 2. The zero-order valence-corrected chi connectivity index (χ0v) is 24.3. The van der Waals surface area contributed by atoms with E-state index in [0.717, 1.165) is 70.6 Å². The Labute approximate surface area is 229 Å². The number of ether oxygens (including phenoxy) is 5. The lowest BCUT2D eigenvalue weighted by Crippen LogP contribution is -2.28. The van der Waals surface area contributed by atoms with Gasteiger partial charge in [0.25, 0.3) is 0 Å². The van der Waals surface area contributed by atoms with Crippen LogP contribution < -0.4 is 0 Å².